The Morgan fingerprint density at radius 2 is 1.77 bits per heavy atom. The maximum absolute atomic E-state index is 13.7. The van der Waals surface area contributed by atoms with Gasteiger partial charge in [-0.05, 0) is 74.8 Å². The zero-order valence-electron chi connectivity index (χ0n) is 22.8. The molecule has 0 radical (unpaired) electrons. The van der Waals surface area contributed by atoms with Crippen LogP contribution in [-0.4, -0.2) is 34.7 Å². The van der Waals surface area contributed by atoms with Gasteiger partial charge in [0.05, 0.1) is 5.56 Å². The van der Waals surface area contributed by atoms with E-state index in [1.165, 1.54) is 31.2 Å². The Morgan fingerprint density at radius 3 is 2.59 bits per heavy atom. The van der Waals surface area contributed by atoms with Crippen LogP contribution >= 0.6 is 0 Å². The highest BCUT2D eigenvalue weighted by molar-refractivity contribution is 6.07. The van der Waals surface area contributed by atoms with Gasteiger partial charge in [0.2, 0.25) is 0 Å². The number of hydrogen-bond donors (Lipinski definition) is 1. The lowest BCUT2D eigenvalue weighted by atomic mass is 9.74. The molecule has 4 aromatic rings. The first-order valence-electron chi connectivity index (χ1n) is 14.5. The van der Waals surface area contributed by atoms with Crippen LogP contribution in [0.3, 0.4) is 0 Å². The summed E-state index contributed by atoms with van der Waals surface area (Å²) in [6.07, 6.45) is 6.53. The van der Waals surface area contributed by atoms with Crippen LogP contribution in [0.4, 0.5) is 0 Å². The Bertz CT molecular complexity index is 1520. The SMILES string of the molecule is Cc1[nH]c2ccc3c(c2c1C(=O)OC(C)c1ccc(-c2ccccc2)cc1)CC1CCCN2CCCCC12O3. The zero-order valence-corrected chi connectivity index (χ0v) is 22.8. The van der Waals surface area contributed by atoms with Crippen LogP contribution < -0.4 is 4.74 Å². The molecule has 0 saturated carbocycles. The predicted molar refractivity (Wildman–Crippen MR) is 154 cm³/mol. The van der Waals surface area contributed by atoms with Crippen LogP contribution in [0.1, 0.15) is 72.3 Å². The van der Waals surface area contributed by atoms with Gasteiger partial charge in [-0.1, -0.05) is 54.6 Å². The van der Waals surface area contributed by atoms with Crippen molar-refractivity contribution in [2.45, 2.75) is 64.2 Å². The molecular formula is C34H36N2O3. The van der Waals surface area contributed by atoms with E-state index in [4.69, 9.17) is 9.47 Å². The molecule has 3 aromatic carbocycles. The molecule has 2 saturated heterocycles. The number of aryl methyl sites for hydroxylation is 1. The molecule has 1 aromatic heterocycles. The second-order valence-corrected chi connectivity index (χ2v) is 11.6. The van der Waals surface area contributed by atoms with Crippen LogP contribution in [0, 0.1) is 12.8 Å². The van der Waals surface area contributed by atoms with E-state index >= 15 is 0 Å². The molecule has 5 heteroatoms. The van der Waals surface area contributed by atoms with Gasteiger partial charge in [0, 0.05) is 47.6 Å². The Labute approximate surface area is 230 Å². The number of nitrogens with one attached hydrogen (secondary N) is 1. The molecule has 1 spiro atoms. The molecule has 3 aliphatic rings. The number of ether oxygens (including phenoxy) is 2. The standard InChI is InChI=1S/C34H36N2O3/c1-22-31(33(37)38-23(2)24-12-14-26(15-13-24)25-9-4-3-5-10-25)32-28-21-27-11-8-20-36-19-7-6-18-34(27,36)39-30(28)17-16-29(32)35-22/h3-5,9-10,12-17,23,27,35H,6-8,11,18-21H2,1-2H3. The first-order chi connectivity index (χ1) is 19.0. The number of piperidine rings is 2. The van der Waals surface area contributed by atoms with Gasteiger partial charge in [0.1, 0.15) is 11.9 Å². The zero-order chi connectivity index (χ0) is 26.6. The number of fused-ring (bicyclic) bond motifs is 3. The van der Waals surface area contributed by atoms with E-state index in [0.29, 0.717) is 11.5 Å². The molecular weight excluding hydrogens is 484 g/mol. The largest absolute Gasteiger partial charge is 0.472 e. The van der Waals surface area contributed by atoms with Gasteiger partial charge in [-0.15, -0.1) is 0 Å². The van der Waals surface area contributed by atoms with Crippen molar-refractivity contribution < 1.29 is 14.3 Å². The van der Waals surface area contributed by atoms with E-state index in [0.717, 1.165) is 65.0 Å². The van der Waals surface area contributed by atoms with Gasteiger partial charge in [0.15, 0.2) is 5.72 Å². The van der Waals surface area contributed by atoms with Crippen molar-refractivity contribution in [2.24, 2.45) is 5.92 Å². The van der Waals surface area contributed by atoms with Crippen molar-refractivity contribution in [3.8, 4) is 16.9 Å². The number of rotatable bonds is 4. The summed E-state index contributed by atoms with van der Waals surface area (Å²) in [5.41, 5.74) is 6.75. The summed E-state index contributed by atoms with van der Waals surface area (Å²) in [5, 5.41) is 0.976. The van der Waals surface area contributed by atoms with E-state index in [1.807, 2.05) is 32.0 Å². The Hall–Kier alpha value is -3.57. The Morgan fingerprint density at radius 1 is 1.00 bits per heavy atom. The molecule has 7 rings (SSSR count). The fraction of sp³-hybridized carbons (Fsp3) is 0.382. The third kappa shape index (κ3) is 4.06. The predicted octanol–water partition coefficient (Wildman–Crippen LogP) is 7.59. The lowest BCUT2D eigenvalue weighted by Crippen LogP contribution is -2.64. The van der Waals surface area contributed by atoms with Gasteiger partial charge >= 0.3 is 5.97 Å². The summed E-state index contributed by atoms with van der Waals surface area (Å²) in [6, 6.07) is 22.8. The third-order valence-corrected chi connectivity index (χ3v) is 9.30. The number of esters is 1. The van der Waals surface area contributed by atoms with E-state index in [2.05, 4.69) is 58.4 Å². The first kappa shape index (κ1) is 24.5. The number of benzene rings is 3. The number of carbonyl (C=O) groups excluding carboxylic acids is 1. The normalized spacial score (nSPS) is 23.3. The average molecular weight is 521 g/mol. The van der Waals surface area contributed by atoms with Crippen molar-refractivity contribution in [1.29, 1.82) is 0 Å². The summed E-state index contributed by atoms with van der Waals surface area (Å²) >= 11 is 0. The molecule has 0 amide bonds. The second-order valence-electron chi connectivity index (χ2n) is 11.6. The molecule has 39 heavy (non-hydrogen) atoms. The minimum atomic E-state index is -0.361. The monoisotopic (exact) mass is 520 g/mol. The Balaban J connectivity index is 1.19. The van der Waals surface area contributed by atoms with Gasteiger partial charge in [-0.2, -0.15) is 0 Å². The fourth-order valence-electron chi connectivity index (χ4n) is 7.33. The van der Waals surface area contributed by atoms with Gasteiger partial charge in [-0.25, -0.2) is 4.79 Å². The summed E-state index contributed by atoms with van der Waals surface area (Å²) in [5.74, 6) is 1.10. The van der Waals surface area contributed by atoms with E-state index in [1.54, 1.807) is 0 Å². The highest BCUT2D eigenvalue weighted by atomic mass is 16.5. The van der Waals surface area contributed by atoms with Crippen molar-refractivity contribution >= 4 is 16.9 Å². The molecule has 2 fully saturated rings. The van der Waals surface area contributed by atoms with E-state index in [-0.39, 0.29) is 17.8 Å². The van der Waals surface area contributed by atoms with Gasteiger partial charge in [-0.3, -0.25) is 4.90 Å². The molecule has 0 bridgehead atoms. The number of aromatic amines is 1. The summed E-state index contributed by atoms with van der Waals surface area (Å²) in [7, 11) is 0. The quantitative estimate of drug-likeness (QED) is 0.282. The highest BCUT2D eigenvalue weighted by Crippen LogP contribution is 2.50. The van der Waals surface area contributed by atoms with Crippen LogP contribution in [0.15, 0.2) is 66.7 Å². The number of aromatic nitrogens is 1. The average Bonchev–Trinajstić information content (AvgIpc) is 3.32. The topological polar surface area (TPSA) is 54.6 Å². The van der Waals surface area contributed by atoms with Crippen LogP contribution in [-0.2, 0) is 11.2 Å². The highest BCUT2D eigenvalue weighted by Gasteiger charge is 2.52. The molecule has 3 aliphatic heterocycles. The summed E-state index contributed by atoms with van der Waals surface area (Å²) < 4.78 is 13.0. The second kappa shape index (κ2) is 9.56. The van der Waals surface area contributed by atoms with E-state index < -0.39 is 0 Å². The van der Waals surface area contributed by atoms with Crippen LogP contribution in [0.5, 0.6) is 5.75 Å². The molecule has 3 unspecified atom stereocenters. The summed E-state index contributed by atoms with van der Waals surface area (Å²) in [4.78, 5) is 19.8. The van der Waals surface area contributed by atoms with Crippen LogP contribution in [0.25, 0.3) is 22.0 Å². The van der Waals surface area contributed by atoms with Crippen molar-refractivity contribution in [3.63, 3.8) is 0 Å². The molecule has 200 valence electrons. The first-order valence-corrected chi connectivity index (χ1v) is 14.5. The minimum absolute atomic E-state index is 0.177. The molecule has 3 atom stereocenters. The molecule has 4 heterocycles. The Kier molecular flexibility index (Phi) is 6.00. The molecule has 0 aliphatic carbocycles. The van der Waals surface area contributed by atoms with Gasteiger partial charge < -0.3 is 14.5 Å². The molecule has 5 nitrogen and oxygen atoms in total. The number of carbonyl (C=O) groups is 1. The van der Waals surface area contributed by atoms with Crippen molar-refractivity contribution in [3.05, 3.63) is 89.1 Å². The van der Waals surface area contributed by atoms with Crippen molar-refractivity contribution in [1.82, 2.24) is 9.88 Å². The lowest BCUT2D eigenvalue weighted by molar-refractivity contribution is -0.177. The maximum Gasteiger partial charge on any atom is 0.341 e. The number of H-pyrrole nitrogens is 1. The fourth-order valence-corrected chi connectivity index (χ4v) is 7.33. The lowest BCUT2D eigenvalue weighted by Gasteiger charge is -2.56. The maximum atomic E-state index is 13.7. The number of hydrogen-bond acceptors (Lipinski definition) is 4. The van der Waals surface area contributed by atoms with E-state index in [9.17, 15) is 4.79 Å². The minimum Gasteiger partial charge on any atom is -0.472 e. The summed E-state index contributed by atoms with van der Waals surface area (Å²) in [6.45, 7) is 6.16. The molecule has 1 N–H and O–H groups in total. The number of nitrogens with zero attached hydrogens (tertiary/aromatic N) is 1. The van der Waals surface area contributed by atoms with Crippen molar-refractivity contribution in [2.75, 3.05) is 13.1 Å². The smallest absolute Gasteiger partial charge is 0.341 e. The van der Waals surface area contributed by atoms with Gasteiger partial charge in [0.25, 0.3) is 0 Å². The van der Waals surface area contributed by atoms with Crippen LogP contribution in [0.2, 0.25) is 0 Å². The third-order valence-electron chi connectivity index (χ3n) is 9.30.